The van der Waals surface area contributed by atoms with Crippen LogP contribution in [0.2, 0.25) is 0 Å². The van der Waals surface area contributed by atoms with E-state index < -0.39 is 0 Å². The number of alkyl halides is 1. The highest BCUT2D eigenvalue weighted by molar-refractivity contribution is 9.09. The van der Waals surface area contributed by atoms with Crippen molar-refractivity contribution in [2.24, 2.45) is 11.8 Å². The summed E-state index contributed by atoms with van der Waals surface area (Å²) in [6.45, 7) is 4.46. The minimum absolute atomic E-state index is 0.346. The molecule has 16 heavy (non-hydrogen) atoms. The van der Waals surface area contributed by atoms with Crippen LogP contribution in [0.25, 0.3) is 0 Å². The quantitative estimate of drug-likeness (QED) is 0.741. The van der Waals surface area contributed by atoms with Gasteiger partial charge in [0.25, 0.3) is 0 Å². The first-order valence-electron chi connectivity index (χ1n) is 6.08. The lowest BCUT2D eigenvalue weighted by atomic mass is 10.0. The van der Waals surface area contributed by atoms with E-state index in [9.17, 15) is 0 Å². The Morgan fingerprint density at radius 1 is 1.38 bits per heavy atom. The molecular weight excluding hydrogens is 264 g/mol. The van der Waals surface area contributed by atoms with E-state index in [1.165, 1.54) is 17.5 Å². The van der Waals surface area contributed by atoms with Gasteiger partial charge in [-0.05, 0) is 42.4 Å². The highest BCUT2D eigenvalue weighted by Crippen LogP contribution is 2.51. The molecule has 1 aromatic carbocycles. The molecule has 0 radical (unpaired) electrons. The first-order valence-corrected chi connectivity index (χ1v) is 7.00. The molecule has 2 aliphatic rings. The number of benzene rings is 1. The van der Waals surface area contributed by atoms with Crippen molar-refractivity contribution in [3.63, 3.8) is 0 Å². The second-order valence-electron chi connectivity index (χ2n) is 5.28. The number of hydrogen-bond donors (Lipinski definition) is 0. The largest absolute Gasteiger partial charge is 0.490 e. The Kier molecular flexibility index (Phi) is 2.50. The van der Waals surface area contributed by atoms with Crippen LogP contribution in [-0.4, -0.2) is 6.10 Å². The van der Waals surface area contributed by atoms with E-state index in [-0.39, 0.29) is 0 Å². The van der Waals surface area contributed by atoms with Crippen molar-refractivity contribution in [1.29, 1.82) is 0 Å². The van der Waals surface area contributed by atoms with Crippen LogP contribution in [0.15, 0.2) is 18.2 Å². The SMILES string of the molecule is CC1Cc2cc(C(Br)C3CC3C)ccc2O1. The molecule has 2 heteroatoms. The van der Waals surface area contributed by atoms with Gasteiger partial charge in [-0.15, -0.1) is 0 Å². The van der Waals surface area contributed by atoms with Crippen LogP contribution < -0.4 is 4.74 Å². The van der Waals surface area contributed by atoms with Crippen molar-refractivity contribution in [2.45, 2.75) is 37.6 Å². The number of fused-ring (bicyclic) bond motifs is 1. The van der Waals surface area contributed by atoms with Crippen molar-refractivity contribution in [2.75, 3.05) is 0 Å². The monoisotopic (exact) mass is 280 g/mol. The molecule has 4 unspecified atom stereocenters. The summed E-state index contributed by atoms with van der Waals surface area (Å²) in [5, 5.41) is 0. The second kappa shape index (κ2) is 3.76. The topological polar surface area (TPSA) is 9.23 Å². The molecule has 1 aliphatic carbocycles. The second-order valence-corrected chi connectivity index (χ2v) is 6.26. The molecule has 1 heterocycles. The molecule has 86 valence electrons. The van der Waals surface area contributed by atoms with Crippen LogP contribution in [0.1, 0.15) is 36.2 Å². The smallest absolute Gasteiger partial charge is 0.123 e. The fourth-order valence-corrected chi connectivity index (χ4v) is 3.64. The molecule has 1 saturated carbocycles. The van der Waals surface area contributed by atoms with Crippen molar-refractivity contribution >= 4 is 15.9 Å². The molecule has 0 saturated heterocycles. The first kappa shape index (κ1) is 10.6. The van der Waals surface area contributed by atoms with Crippen LogP contribution in [0.5, 0.6) is 5.75 Å². The Hall–Kier alpha value is -0.500. The minimum atomic E-state index is 0.346. The Bertz CT molecular complexity index is 415. The predicted octanol–water partition coefficient (Wildman–Crippen LogP) is 4.10. The molecule has 1 fully saturated rings. The zero-order valence-electron chi connectivity index (χ0n) is 9.74. The lowest BCUT2D eigenvalue weighted by Gasteiger charge is -2.10. The van der Waals surface area contributed by atoms with E-state index in [0.717, 1.165) is 24.0 Å². The lowest BCUT2D eigenvalue weighted by molar-refractivity contribution is 0.254. The van der Waals surface area contributed by atoms with Crippen molar-refractivity contribution in [1.82, 2.24) is 0 Å². The van der Waals surface area contributed by atoms with E-state index in [1.54, 1.807) is 0 Å². The van der Waals surface area contributed by atoms with Crippen LogP contribution in [-0.2, 0) is 6.42 Å². The zero-order chi connectivity index (χ0) is 11.3. The van der Waals surface area contributed by atoms with E-state index in [2.05, 4.69) is 48.0 Å². The highest BCUT2D eigenvalue weighted by atomic mass is 79.9. The molecule has 0 amide bonds. The molecule has 4 atom stereocenters. The maximum Gasteiger partial charge on any atom is 0.123 e. The number of hydrogen-bond acceptors (Lipinski definition) is 1. The average molecular weight is 281 g/mol. The summed E-state index contributed by atoms with van der Waals surface area (Å²) in [4.78, 5) is 0.531. The molecule has 1 aromatic rings. The average Bonchev–Trinajstić information content (AvgIpc) is 2.85. The summed E-state index contributed by atoms with van der Waals surface area (Å²) in [6.07, 6.45) is 2.77. The van der Waals surface area contributed by atoms with Crippen molar-refractivity contribution < 1.29 is 4.74 Å². The van der Waals surface area contributed by atoms with Crippen LogP contribution in [0.4, 0.5) is 0 Å². The molecule has 0 spiro atoms. The van der Waals surface area contributed by atoms with Gasteiger partial charge in [0.15, 0.2) is 0 Å². The molecule has 1 aliphatic heterocycles. The third-order valence-corrected chi connectivity index (χ3v) is 4.99. The fraction of sp³-hybridized carbons (Fsp3) is 0.571. The summed E-state index contributed by atoms with van der Waals surface area (Å²) < 4.78 is 5.72. The summed E-state index contributed by atoms with van der Waals surface area (Å²) in [7, 11) is 0. The van der Waals surface area contributed by atoms with Gasteiger partial charge in [-0.2, -0.15) is 0 Å². The summed E-state index contributed by atoms with van der Waals surface area (Å²) in [5.41, 5.74) is 2.80. The fourth-order valence-electron chi connectivity index (χ4n) is 2.62. The van der Waals surface area contributed by atoms with Crippen molar-refractivity contribution in [3.05, 3.63) is 29.3 Å². The summed E-state index contributed by atoms with van der Waals surface area (Å²) >= 11 is 3.84. The van der Waals surface area contributed by atoms with Gasteiger partial charge < -0.3 is 4.74 Å². The number of halogens is 1. The first-order chi connectivity index (χ1) is 7.65. The predicted molar refractivity (Wildman–Crippen MR) is 69.2 cm³/mol. The summed E-state index contributed by atoms with van der Waals surface area (Å²) in [5.74, 6) is 2.80. The Balaban J connectivity index is 1.84. The minimum Gasteiger partial charge on any atom is -0.490 e. The molecule has 1 nitrogen and oxygen atoms in total. The van der Waals surface area contributed by atoms with Gasteiger partial charge in [-0.25, -0.2) is 0 Å². The normalized spacial score (nSPS) is 33.1. The van der Waals surface area contributed by atoms with Crippen molar-refractivity contribution in [3.8, 4) is 5.75 Å². The third kappa shape index (κ3) is 1.77. The highest BCUT2D eigenvalue weighted by Gasteiger charge is 2.39. The molecule has 0 bridgehead atoms. The summed E-state index contributed by atoms with van der Waals surface area (Å²) in [6, 6.07) is 6.67. The Morgan fingerprint density at radius 3 is 2.81 bits per heavy atom. The molecule has 0 aromatic heterocycles. The Morgan fingerprint density at radius 2 is 2.12 bits per heavy atom. The van der Waals surface area contributed by atoms with Gasteiger partial charge in [-0.3, -0.25) is 0 Å². The molecule has 0 N–H and O–H groups in total. The third-order valence-electron chi connectivity index (χ3n) is 3.79. The van der Waals surface area contributed by atoms with E-state index in [0.29, 0.717) is 10.9 Å². The van der Waals surface area contributed by atoms with E-state index in [4.69, 9.17) is 4.74 Å². The van der Waals surface area contributed by atoms with Crippen LogP contribution >= 0.6 is 15.9 Å². The van der Waals surface area contributed by atoms with Gasteiger partial charge in [0.05, 0.1) is 0 Å². The number of ether oxygens (including phenoxy) is 1. The van der Waals surface area contributed by atoms with Gasteiger partial charge >= 0.3 is 0 Å². The van der Waals surface area contributed by atoms with Gasteiger partial charge in [0, 0.05) is 11.2 Å². The van der Waals surface area contributed by atoms with E-state index >= 15 is 0 Å². The molecular formula is C14H17BrO. The maximum atomic E-state index is 5.72. The van der Waals surface area contributed by atoms with Crippen LogP contribution in [0, 0.1) is 11.8 Å². The number of rotatable bonds is 2. The van der Waals surface area contributed by atoms with E-state index in [1.807, 2.05) is 0 Å². The van der Waals surface area contributed by atoms with Crippen LogP contribution in [0.3, 0.4) is 0 Å². The Labute approximate surface area is 105 Å². The van der Waals surface area contributed by atoms with Gasteiger partial charge in [0.2, 0.25) is 0 Å². The lowest BCUT2D eigenvalue weighted by Crippen LogP contribution is -2.05. The molecule has 3 rings (SSSR count). The maximum absolute atomic E-state index is 5.72. The van der Waals surface area contributed by atoms with Gasteiger partial charge in [-0.1, -0.05) is 35.0 Å². The standard InChI is InChI=1S/C14H17BrO/c1-8-5-12(8)14(15)10-3-4-13-11(7-10)6-9(2)16-13/h3-4,7-9,12,14H,5-6H2,1-2H3. The van der Waals surface area contributed by atoms with Gasteiger partial charge in [0.1, 0.15) is 11.9 Å². The zero-order valence-corrected chi connectivity index (χ0v) is 11.3.